The molecule has 0 spiro atoms. The molecule has 0 amide bonds. The maximum atomic E-state index is 6.48. The molecule has 1 aromatic heterocycles. The molecule has 2 heterocycles. The number of aromatic nitrogens is 1. The average molecular weight is 478 g/mol. The summed E-state index contributed by atoms with van der Waals surface area (Å²) >= 11 is 0. The van der Waals surface area contributed by atoms with Crippen LogP contribution >= 0.6 is 0 Å². The first-order chi connectivity index (χ1) is 17.0. The zero-order valence-electron chi connectivity index (χ0n) is 22.4. The molecule has 4 aromatic rings. The van der Waals surface area contributed by atoms with Crippen molar-refractivity contribution in [3.8, 4) is 0 Å². The van der Waals surface area contributed by atoms with Gasteiger partial charge in [-0.3, -0.25) is 4.90 Å². The predicted octanol–water partition coefficient (Wildman–Crippen LogP) is 7.30. The Labute approximate surface area is 215 Å². The van der Waals surface area contributed by atoms with E-state index in [1.807, 2.05) is 18.3 Å². The van der Waals surface area contributed by atoms with Crippen LogP contribution in [-0.4, -0.2) is 23.3 Å². The van der Waals surface area contributed by atoms with Crippen LogP contribution < -0.4 is 10.4 Å². The van der Waals surface area contributed by atoms with E-state index in [1.54, 1.807) is 0 Å². The zero-order valence-corrected chi connectivity index (χ0v) is 22.4. The second kappa shape index (κ2) is 8.76. The van der Waals surface area contributed by atoms with Gasteiger partial charge >= 0.3 is 7.12 Å². The number of hydrogen-bond acceptors (Lipinski definition) is 4. The summed E-state index contributed by atoms with van der Waals surface area (Å²) in [6, 6.07) is 27.6. The predicted molar refractivity (Wildman–Crippen MR) is 151 cm³/mol. The fourth-order valence-electron chi connectivity index (χ4n) is 4.60. The average Bonchev–Trinajstić information content (AvgIpc) is 3.06. The summed E-state index contributed by atoms with van der Waals surface area (Å²) in [6.45, 7) is 15.1. The lowest BCUT2D eigenvalue weighted by Gasteiger charge is -2.32. The van der Waals surface area contributed by atoms with E-state index in [-0.39, 0.29) is 5.41 Å². The molecule has 1 aliphatic heterocycles. The van der Waals surface area contributed by atoms with Gasteiger partial charge in [-0.05, 0) is 79.9 Å². The minimum absolute atomic E-state index is 0.0665. The second-order valence-electron chi connectivity index (χ2n) is 11.7. The first kappa shape index (κ1) is 24.5. The first-order valence-electron chi connectivity index (χ1n) is 12.7. The molecular weight excluding hydrogens is 443 g/mol. The smallest absolute Gasteiger partial charge is 0.399 e. The van der Waals surface area contributed by atoms with Gasteiger partial charge in [-0.25, -0.2) is 4.98 Å². The van der Waals surface area contributed by atoms with E-state index in [9.17, 15) is 0 Å². The van der Waals surface area contributed by atoms with E-state index in [0.29, 0.717) is 0 Å². The van der Waals surface area contributed by atoms with Crippen molar-refractivity contribution >= 4 is 40.5 Å². The van der Waals surface area contributed by atoms with Crippen molar-refractivity contribution in [1.29, 1.82) is 0 Å². The van der Waals surface area contributed by atoms with E-state index in [4.69, 9.17) is 14.3 Å². The molecular formula is C31H35BN2O2. The molecule has 0 unspecified atom stereocenters. The number of anilines is 3. The Morgan fingerprint density at radius 1 is 0.778 bits per heavy atom. The Balaban J connectivity index is 1.74. The van der Waals surface area contributed by atoms with Gasteiger partial charge in [-0.2, -0.15) is 0 Å². The molecule has 1 fully saturated rings. The monoisotopic (exact) mass is 478 g/mol. The highest BCUT2D eigenvalue weighted by molar-refractivity contribution is 6.62. The molecule has 0 bridgehead atoms. The largest absolute Gasteiger partial charge is 0.494 e. The maximum Gasteiger partial charge on any atom is 0.494 e. The van der Waals surface area contributed by atoms with E-state index in [2.05, 4.69) is 120 Å². The van der Waals surface area contributed by atoms with Crippen LogP contribution in [0.15, 0.2) is 85.1 Å². The molecule has 1 aliphatic rings. The van der Waals surface area contributed by atoms with Crippen molar-refractivity contribution in [2.24, 2.45) is 0 Å². The standard InChI is InChI=1S/C31H35BN2O2/c1-29(2,3)23-19-24(32-35-30(4,5)31(6,7)36-32)21-25(20-23)34(28-17-10-11-18-33-28)27-16-12-14-22-13-8-9-15-26(22)27/h8-21H,1-7H3. The van der Waals surface area contributed by atoms with Gasteiger partial charge in [-0.15, -0.1) is 0 Å². The van der Waals surface area contributed by atoms with Gasteiger partial charge in [0.1, 0.15) is 5.82 Å². The number of fused-ring (bicyclic) bond motifs is 1. The van der Waals surface area contributed by atoms with Crippen molar-refractivity contribution < 1.29 is 9.31 Å². The quantitative estimate of drug-likeness (QED) is 0.288. The molecule has 0 saturated carbocycles. The summed E-state index contributed by atoms with van der Waals surface area (Å²) < 4.78 is 13.0. The molecule has 184 valence electrons. The van der Waals surface area contributed by atoms with Gasteiger partial charge in [0, 0.05) is 17.3 Å². The van der Waals surface area contributed by atoms with Crippen molar-refractivity contribution in [2.75, 3.05) is 4.90 Å². The van der Waals surface area contributed by atoms with E-state index >= 15 is 0 Å². The Bertz CT molecular complexity index is 1370. The lowest BCUT2D eigenvalue weighted by Crippen LogP contribution is -2.41. The van der Waals surface area contributed by atoms with Gasteiger partial charge in [0.05, 0.1) is 16.9 Å². The van der Waals surface area contributed by atoms with Gasteiger partial charge in [0.25, 0.3) is 0 Å². The molecule has 5 rings (SSSR count). The Morgan fingerprint density at radius 2 is 1.44 bits per heavy atom. The molecule has 1 saturated heterocycles. The van der Waals surface area contributed by atoms with Gasteiger partial charge in [0.15, 0.2) is 0 Å². The molecule has 0 radical (unpaired) electrons. The summed E-state index contributed by atoms with van der Waals surface area (Å²) in [6.07, 6.45) is 1.84. The van der Waals surface area contributed by atoms with E-state index < -0.39 is 18.3 Å². The molecule has 0 atom stereocenters. The van der Waals surface area contributed by atoms with Crippen molar-refractivity contribution in [3.05, 3.63) is 90.6 Å². The van der Waals surface area contributed by atoms with Gasteiger partial charge in [0.2, 0.25) is 0 Å². The van der Waals surface area contributed by atoms with E-state index in [1.165, 1.54) is 16.3 Å². The minimum Gasteiger partial charge on any atom is -0.399 e. The van der Waals surface area contributed by atoms with Crippen LogP contribution in [0.25, 0.3) is 10.8 Å². The fourth-order valence-corrected chi connectivity index (χ4v) is 4.60. The molecule has 4 nitrogen and oxygen atoms in total. The summed E-state index contributed by atoms with van der Waals surface area (Å²) in [7, 11) is -0.450. The zero-order chi connectivity index (χ0) is 25.7. The molecule has 0 N–H and O–H groups in total. The summed E-state index contributed by atoms with van der Waals surface area (Å²) in [5.41, 5.74) is 3.45. The van der Waals surface area contributed by atoms with E-state index in [0.717, 1.165) is 22.7 Å². The number of pyridine rings is 1. The Kier molecular flexibility index (Phi) is 5.97. The molecule has 3 aromatic carbocycles. The fraction of sp³-hybridized carbons (Fsp3) is 0.323. The molecule has 0 aliphatic carbocycles. The maximum absolute atomic E-state index is 6.48. The Hall–Kier alpha value is -3.15. The van der Waals surface area contributed by atoms with Crippen LogP contribution in [0, 0.1) is 0 Å². The third-order valence-electron chi connectivity index (χ3n) is 7.48. The summed E-state index contributed by atoms with van der Waals surface area (Å²) in [4.78, 5) is 7.01. The molecule has 5 heteroatoms. The van der Waals surface area contributed by atoms with Gasteiger partial charge < -0.3 is 9.31 Å². The van der Waals surface area contributed by atoms with Gasteiger partial charge in [-0.1, -0.05) is 69.3 Å². The lowest BCUT2D eigenvalue weighted by atomic mass is 9.75. The van der Waals surface area contributed by atoms with Crippen molar-refractivity contribution in [2.45, 2.75) is 65.1 Å². The van der Waals surface area contributed by atoms with Crippen LogP contribution in [0.3, 0.4) is 0 Å². The highest BCUT2D eigenvalue weighted by atomic mass is 16.7. The number of nitrogens with zero attached hydrogens (tertiary/aromatic N) is 2. The minimum atomic E-state index is -0.450. The third kappa shape index (κ3) is 4.42. The van der Waals surface area contributed by atoms with Crippen LogP contribution in [0.2, 0.25) is 0 Å². The van der Waals surface area contributed by atoms with Crippen LogP contribution in [0.1, 0.15) is 54.0 Å². The topological polar surface area (TPSA) is 34.6 Å². The number of benzene rings is 3. The second-order valence-corrected chi connectivity index (χ2v) is 11.7. The molecule has 36 heavy (non-hydrogen) atoms. The third-order valence-corrected chi connectivity index (χ3v) is 7.48. The normalized spacial score (nSPS) is 16.9. The van der Waals surface area contributed by atoms with Crippen LogP contribution in [-0.2, 0) is 14.7 Å². The summed E-state index contributed by atoms with van der Waals surface area (Å²) in [5.74, 6) is 0.861. The van der Waals surface area contributed by atoms with Crippen LogP contribution in [0.5, 0.6) is 0 Å². The van der Waals surface area contributed by atoms with Crippen molar-refractivity contribution in [3.63, 3.8) is 0 Å². The highest BCUT2D eigenvalue weighted by Gasteiger charge is 2.52. The SMILES string of the molecule is CC(C)(C)c1cc(B2OC(C)(C)C(C)(C)O2)cc(N(c2ccccn2)c2cccc3ccccc23)c1. The van der Waals surface area contributed by atoms with Crippen LogP contribution in [0.4, 0.5) is 17.2 Å². The number of hydrogen-bond donors (Lipinski definition) is 0. The summed E-state index contributed by atoms with van der Waals surface area (Å²) in [5, 5.41) is 2.36. The Morgan fingerprint density at radius 3 is 2.11 bits per heavy atom. The first-order valence-corrected chi connectivity index (χ1v) is 12.7. The number of rotatable bonds is 4. The highest BCUT2D eigenvalue weighted by Crippen LogP contribution is 2.40. The van der Waals surface area contributed by atoms with Crippen molar-refractivity contribution in [1.82, 2.24) is 4.98 Å². The lowest BCUT2D eigenvalue weighted by molar-refractivity contribution is 0.00578.